The van der Waals surface area contributed by atoms with Crippen molar-refractivity contribution in [1.29, 1.82) is 0 Å². The number of carbonyl (C=O) groups excluding carboxylic acids is 2. The summed E-state index contributed by atoms with van der Waals surface area (Å²) in [6.45, 7) is 2.20. The highest BCUT2D eigenvalue weighted by Crippen LogP contribution is 2.45. The van der Waals surface area contributed by atoms with Crippen LogP contribution in [-0.2, 0) is 16.2 Å². The molecule has 0 saturated carbocycles. The Morgan fingerprint density at radius 3 is 2.24 bits per heavy atom. The Balaban J connectivity index is 1.57. The fraction of sp³-hybridized carbons (Fsp3) is 0.0968. The van der Waals surface area contributed by atoms with Crippen LogP contribution in [0, 0.1) is 6.92 Å². The van der Waals surface area contributed by atoms with Crippen LogP contribution in [0.4, 0.5) is 5.69 Å². The number of Topliss-reactive ketones (excluding diaryl/α,β-unsaturated/α-hetero) is 1. The Labute approximate surface area is 219 Å². The minimum Gasteiger partial charge on any atom is -0.508 e. The summed E-state index contributed by atoms with van der Waals surface area (Å²) in [5.41, 5.74) is 2.58. The van der Waals surface area contributed by atoms with Crippen molar-refractivity contribution in [2.24, 2.45) is 0 Å². The third kappa shape index (κ3) is 4.57. The maximum atomic E-state index is 13.3. The lowest BCUT2D eigenvalue weighted by Gasteiger charge is -2.26. The number of aryl methyl sites for hydroxylation is 1. The number of para-hydroxylation sites is 2. The van der Waals surface area contributed by atoms with E-state index in [0.717, 1.165) is 11.1 Å². The fourth-order valence-electron chi connectivity index (χ4n) is 4.57. The molecule has 1 aliphatic rings. The number of aliphatic hydroxyl groups is 1. The van der Waals surface area contributed by atoms with Crippen LogP contribution in [0.2, 0.25) is 0 Å². The molecule has 4 aromatic carbocycles. The summed E-state index contributed by atoms with van der Waals surface area (Å²) < 4.78 is 5.93. The highest BCUT2D eigenvalue weighted by atomic mass is 16.5. The SMILES string of the molecule is Cc1cc(/C(O)=C2/C(=O)C(=O)N(c3ccccc3O)C2c2ccc(O)cc2)ccc1OCc1ccccc1. The van der Waals surface area contributed by atoms with Gasteiger partial charge in [0, 0.05) is 5.56 Å². The van der Waals surface area contributed by atoms with Gasteiger partial charge in [0.05, 0.1) is 17.3 Å². The van der Waals surface area contributed by atoms with Crippen LogP contribution in [0.1, 0.15) is 28.3 Å². The van der Waals surface area contributed by atoms with Crippen molar-refractivity contribution in [3.63, 3.8) is 0 Å². The normalized spacial score (nSPS) is 16.6. The third-order valence-electron chi connectivity index (χ3n) is 6.48. The molecule has 0 radical (unpaired) electrons. The van der Waals surface area contributed by atoms with Crippen molar-refractivity contribution in [3.05, 3.63) is 125 Å². The summed E-state index contributed by atoms with van der Waals surface area (Å²) in [4.78, 5) is 27.7. The zero-order valence-corrected chi connectivity index (χ0v) is 20.5. The largest absolute Gasteiger partial charge is 0.508 e. The predicted molar refractivity (Wildman–Crippen MR) is 143 cm³/mol. The van der Waals surface area contributed by atoms with E-state index in [1.54, 1.807) is 42.5 Å². The van der Waals surface area contributed by atoms with E-state index in [4.69, 9.17) is 4.74 Å². The maximum absolute atomic E-state index is 13.3. The number of hydrogen-bond donors (Lipinski definition) is 3. The molecule has 38 heavy (non-hydrogen) atoms. The zero-order chi connectivity index (χ0) is 26.8. The minimum atomic E-state index is -1.03. The molecule has 1 amide bonds. The van der Waals surface area contributed by atoms with Crippen LogP contribution >= 0.6 is 0 Å². The number of amides is 1. The summed E-state index contributed by atoms with van der Waals surface area (Å²) in [6, 6.07) is 25.9. The molecule has 1 fully saturated rings. The Kier molecular flexibility index (Phi) is 6.58. The molecular weight excluding hydrogens is 482 g/mol. The molecule has 1 aliphatic heterocycles. The molecule has 0 aromatic heterocycles. The molecule has 0 bridgehead atoms. The van der Waals surface area contributed by atoms with Crippen LogP contribution in [0.15, 0.2) is 103 Å². The average molecular weight is 508 g/mol. The standard InChI is InChI=1S/C31H25NO6/c1-19-17-22(13-16-26(19)38-18-20-7-3-2-4-8-20)29(35)27-28(21-11-14-23(33)15-12-21)32(31(37)30(27)36)24-9-5-6-10-25(24)34/h2-17,28,33-35H,18H2,1H3/b29-27-. The second kappa shape index (κ2) is 10.1. The number of phenolic OH excluding ortho intramolecular Hbond substituents is 2. The lowest BCUT2D eigenvalue weighted by Crippen LogP contribution is -2.29. The number of benzene rings is 4. The summed E-state index contributed by atoms with van der Waals surface area (Å²) in [6.07, 6.45) is 0. The molecule has 0 aliphatic carbocycles. The van der Waals surface area contributed by atoms with E-state index >= 15 is 0 Å². The first kappa shape index (κ1) is 24.6. The average Bonchev–Trinajstić information content (AvgIpc) is 3.18. The van der Waals surface area contributed by atoms with Gasteiger partial charge in [0.1, 0.15) is 29.6 Å². The molecule has 1 saturated heterocycles. The highest BCUT2D eigenvalue weighted by molar-refractivity contribution is 6.51. The molecule has 7 nitrogen and oxygen atoms in total. The molecule has 1 heterocycles. The number of ether oxygens (including phenoxy) is 1. The number of phenols is 2. The number of aliphatic hydroxyl groups excluding tert-OH is 1. The lowest BCUT2D eigenvalue weighted by molar-refractivity contribution is -0.132. The van der Waals surface area contributed by atoms with Gasteiger partial charge in [0.15, 0.2) is 0 Å². The van der Waals surface area contributed by atoms with Crippen molar-refractivity contribution in [2.75, 3.05) is 4.90 Å². The van der Waals surface area contributed by atoms with Crippen molar-refractivity contribution in [2.45, 2.75) is 19.6 Å². The number of aromatic hydroxyl groups is 2. The summed E-state index contributed by atoms with van der Waals surface area (Å²) >= 11 is 0. The Bertz CT molecular complexity index is 1540. The first-order valence-corrected chi connectivity index (χ1v) is 12.0. The van der Waals surface area contributed by atoms with E-state index < -0.39 is 17.7 Å². The van der Waals surface area contributed by atoms with Crippen LogP contribution in [0.3, 0.4) is 0 Å². The van der Waals surface area contributed by atoms with E-state index in [1.807, 2.05) is 37.3 Å². The Morgan fingerprint density at radius 1 is 0.868 bits per heavy atom. The lowest BCUT2D eigenvalue weighted by atomic mass is 9.94. The number of nitrogens with zero attached hydrogens (tertiary/aromatic N) is 1. The number of carbonyl (C=O) groups is 2. The van der Waals surface area contributed by atoms with Crippen molar-refractivity contribution in [3.8, 4) is 17.2 Å². The summed E-state index contributed by atoms with van der Waals surface area (Å²) in [5.74, 6) is -1.67. The number of anilines is 1. The van der Waals surface area contributed by atoms with Crippen LogP contribution < -0.4 is 9.64 Å². The van der Waals surface area contributed by atoms with Gasteiger partial charge < -0.3 is 20.1 Å². The fourth-order valence-corrected chi connectivity index (χ4v) is 4.57. The van der Waals surface area contributed by atoms with E-state index in [0.29, 0.717) is 23.5 Å². The van der Waals surface area contributed by atoms with Gasteiger partial charge in [-0.15, -0.1) is 0 Å². The second-order valence-electron chi connectivity index (χ2n) is 9.00. The van der Waals surface area contributed by atoms with Gasteiger partial charge in [-0.2, -0.15) is 0 Å². The topological polar surface area (TPSA) is 107 Å². The van der Waals surface area contributed by atoms with Crippen molar-refractivity contribution in [1.82, 2.24) is 0 Å². The number of ketones is 1. The first-order chi connectivity index (χ1) is 18.3. The van der Waals surface area contributed by atoms with Gasteiger partial charge in [-0.1, -0.05) is 54.6 Å². The molecule has 190 valence electrons. The maximum Gasteiger partial charge on any atom is 0.300 e. The van der Waals surface area contributed by atoms with Crippen molar-refractivity contribution >= 4 is 23.1 Å². The van der Waals surface area contributed by atoms with Gasteiger partial charge in [-0.25, -0.2) is 0 Å². The molecule has 5 rings (SSSR count). The third-order valence-corrected chi connectivity index (χ3v) is 6.48. The monoisotopic (exact) mass is 507 g/mol. The molecule has 3 N–H and O–H groups in total. The van der Waals surface area contributed by atoms with E-state index in [2.05, 4.69) is 0 Å². The summed E-state index contributed by atoms with van der Waals surface area (Å²) in [5, 5.41) is 31.7. The quantitative estimate of drug-likeness (QED) is 0.178. The van der Waals surface area contributed by atoms with Gasteiger partial charge >= 0.3 is 0 Å². The van der Waals surface area contributed by atoms with Crippen LogP contribution in [0.25, 0.3) is 5.76 Å². The predicted octanol–water partition coefficient (Wildman–Crippen LogP) is 5.61. The van der Waals surface area contributed by atoms with E-state index in [1.165, 1.54) is 29.2 Å². The first-order valence-electron chi connectivity index (χ1n) is 12.0. The molecule has 1 unspecified atom stereocenters. The number of rotatable bonds is 6. The van der Waals surface area contributed by atoms with E-state index in [-0.39, 0.29) is 28.5 Å². The highest BCUT2D eigenvalue weighted by Gasteiger charge is 2.47. The van der Waals surface area contributed by atoms with Crippen LogP contribution in [0.5, 0.6) is 17.2 Å². The molecule has 4 aromatic rings. The van der Waals surface area contributed by atoms with Gasteiger partial charge in [0.25, 0.3) is 11.7 Å². The molecule has 7 heteroatoms. The summed E-state index contributed by atoms with van der Waals surface area (Å²) in [7, 11) is 0. The van der Waals surface area contributed by atoms with Crippen LogP contribution in [-0.4, -0.2) is 27.0 Å². The zero-order valence-electron chi connectivity index (χ0n) is 20.5. The Morgan fingerprint density at radius 2 is 1.55 bits per heavy atom. The second-order valence-corrected chi connectivity index (χ2v) is 9.00. The minimum absolute atomic E-state index is 0.00924. The Hall–Kier alpha value is -5.04. The van der Waals surface area contributed by atoms with Crippen molar-refractivity contribution < 1.29 is 29.6 Å². The van der Waals surface area contributed by atoms with Gasteiger partial charge in [0.2, 0.25) is 0 Å². The molecule has 1 atom stereocenters. The smallest absolute Gasteiger partial charge is 0.300 e. The van der Waals surface area contributed by atoms with Gasteiger partial charge in [-0.05, 0) is 66.1 Å². The molecule has 0 spiro atoms. The molecular formula is C31H25NO6. The van der Waals surface area contributed by atoms with Gasteiger partial charge in [-0.3, -0.25) is 14.5 Å². The number of hydrogen-bond acceptors (Lipinski definition) is 6. The van der Waals surface area contributed by atoms with E-state index in [9.17, 15) is 24.9 Å².